The number of fused-ring (bicyclic) bond motifs is 3. The first kappa shape index (κ1) is 17.8. The van der Waals surface area contributed by atoms with Gasteiger partial charge in [-0.2, -0.15) is 0 Å². The highest BCUT2D eigenvalue weighted by Crippen LogP contribution is 2.32. The Bertz CT molecular complexity index is 1170. The fraction of sp³-hybridized carbons (Fsp3) is 0.111. The van der Waals surface area contributed by atoms with E-state index in [0.29, 0.717) is 36.7 Å². The van der Waals surface area contributed by atoms with Crippen molar-refractivity contribution in [1.82, 2.24) is 9.97 Å². The average Bonchev–Trinajstić information content (AvgIpc) is 3.00. The minimum absolute atomic E-state index is 0.168. The molecule has 0 spiro atoms. The van der Waals surface area contributed by atoms with E-state index in [2.05, 4.69) is 9.97 Å². The lowest BCUT2D eigenvalue weighted by molar-refractivity contribution is 0.204. The van der Waals surface area contributed by atoms with Crippen molar-refractivity contribution >= 4 is 66.6 Å². The molecule has 4 rings (SSSR count). The maximum absolute atomic E-state index is 12.5. The van der Waals surface area contributed by atoms with Gasteiger partial charge in [-0.3, -0.25) is 4.79 Å². The molecule has 0 aliphatic heterocycles. The van der Waals surface area contributed by atoms with Crippen LogP contribution < -0.4 is 5.56 Å². The number of aromatic amines is 1. The average molecular weight is 423 g/mol. The molecule has 1 atom stereocenters. The SMILES string of the molecule is O=c1[nH]c(SC[C@H](O)c2ccc(Cl)c(Cl)c2)nc2sc3ccccc3c12. The molecule has 0 saturated carbocycles. The van der Waals surface area contributed by atoms with Gasteiger partial charge in [-0.15, -0.1) is 11.3 Å². The summed E-state index contributed by atoms with van der Waals surface area (Å²) < 4.78 is 1.03. The van der Waals surface area contributed by atoms with Crippen LogP contribution in [-0.4, -0.2) is 20.8 Å². The van der Waals surface area contributed by atoms with E-state index >= 15 is 0 Å². The molecule has 4 nitrogen and oxygen atoms in total. The predicted octanol–water partition coefficient (Wildman–Crippen LogP) is 5.27. The molecule has 0 aliphatic rings. The fourth-order valence-electron chi connectivity index (χ4n) is 2.65. The third-order valence-electron chi connectivity index (χ3n) is 3.93. The maximum Gasteiger partial charge on any atom is 0.260 e. The van der Waals surface area contributed by atoms with Crippen LogP contribution in [0.4, 0.5) is 0 Å². The lowest BCUT2D eigenvalue weighted by Gasteiger charge is -2.11. The summed E-state index contributed by atoms with van der Waals surface area (Å²) in [5.74, 6) is 0.331. The van der Waals surface area contributed by atoms with Crippen LogP contribution in [0.1, 0.15) is 11.7 Å². The normalized spacial score (nSPS) is 12.7. The molecule has 26 heavy (non-hydrogen) atoms. The number of benzene rings is 2. The second-order valence-electron chi connectivity index (χ2n) is 5.65. The van der Waals surface area contributed by atoms with E-state index in [-0.39, 0.29) is 5.56 Å². The van der Waals surface area contributed by atoms with Crippen molar-refractivity contribution in [3.63, 3.8) is 0 Å². The molecule has 0 saturated heterocycles. The first-order chi connectivity index (χ1) is 12.5. The number of thioether (sulfide) groups is 1. The van der Waals surface area contributed by atoms with Crippen LogP contribution in [0.2, 0.25) is 10.0 Å². The lowest BCUT2D eigenvalue weighted by Crippen LogP contribution is -2.09. The van der Waals surface area contributed by atoms with Gasteiger partial charge in [-0.05, 0) is 23.8 Å². The summed E-state index contributed by atoms with van der Waals surface area (Å²) in [6.07, 6.45) is -0.752. The summed E-state index contributed by atoms with van der Waals surface area (Å²) in [4.78, 5) is 20.5. The molecule has 2 heterocycles. The topological polar surface area (TPSA) is 66.0 Å². The number of thiophene rings is 1. The molecule has 4 aromatic rings. The van der Waals surface area contributed by atoms with Crippen LogP contribution in [0.25, 0.3) is 20.3 Å². The molecule has 0 unspecified atom stereocenters. The van der Waals surface area contributed by atoms with E-state index < -0.39 is 6.10 Å². The fourth-order valence-corrected chi connectivity index (χ4v) is 4.92. The molecule has 0 fully saturated rings. The highest BCUT2D eigenvalue weighted by Gasteiger charge is 2.14. The number of nitrogens with one attached hydrogen (secondary N) is 1. The number of rotatable bonds is 4. The zero-order valence-electron chi connectivity index (χ0n) is 13.2. The number of halogens is 2. The van der Waals surface area contributed by atoms with Gasteiger partial charge in [-0.25, -0.2) is 4.98 Å². The van der Waals surface area contributed by atoms with E-state index in [1.807, 2.05) is 24.3 Å². The molecule has 0 radical (unpaired) electrons. The van der Waals surface area contributed by atoms with Gasteiger partial charge in [0.2, 0.25) is 0 Å². The van der Waals surface area contributed by atoms with Crippen molar-refractivity contribution in [1.29, 1.82) is 0 Å². The summed E-state index contributed by atoms with van der Waals surface area (Å²) >= 11 is 14.7. The first-order valence-corrected chi connectivity index (χ1v) is 10.3. The number of nitrogens with zero attached hydrogens (tertiary/aromatic N) is 1. The predicted molar refractivity (Wildman–Crippen MR) is 110 cm³/mol. The van der Waals surface area contributed by atoms with Gasteiger partial charge in [0.05, 0.1) is 21.5 Å². The van der Waals surface area contributed by atoms with E-state index in [9.17, 15) is 9.90 Å². The Kier molecular flexibility index (Phi) is 4.94. The Hall–Kier alpha value is -1.57. The Morgan fingerprint density at radius 1 is 1.19 bits per heavy atom. The number of hydrogen-bond donors (Lipinski definition) is 2. The Morgan fingerprint density at radius 3 is 2.81 bits per heavy atom. The molecule has 0 bridgehead atoms. The first-order valence-electron chi connectivity index (χ1n) is 7.70. The minimum atomic E-state index is -0.752. The quantitative estimate of drug-likeness (QED) is 0.347. The van der Waals surface area contributed by atoms with Crippen molar-refractivity contribution in [2.45, 2.75) is 11.3 Å². The zero-order chi connectivity index (χ0) is 18.3. The summed E-state index contributed by atoms with van der Waals surface area (Å²) in [5, 5.41) is 13.2. The molecule has 0 amide bonds. The second kappa shape index (κ2) is 7.21. The number of hydrogen-bond acceptors (Lipinski definition) is 5. The summed E-state index contributed by atoms with van der Waals surface area (Å²) in [6, 6.07) is 12.8. The van der Waals surface area contributed by atoms with Crippen molar-refractivity contribution < 1.29 is 5.11 Å². The van der Waals surface area contributed by atoms with E-state index in [4.69, 9.17) is 23.2 Å². The van der Waals surface area contributed by atoms with Crippen LogP contribution in [-0.2, 0) is 0 Å². The van der Waals surface area contributed by atoms with Crippen LogP contribution in [0, 0.1) is 0 Å². The van der Waals surface area contributed by atoms with Gasteiger partial charge in [-0.1, -0.05) is 59.2 Å². The lowest BCUT2D eigenvalue weighted by atomic mass is 10.1. The minimum Gasteiger partial charge on any atom is -0.388 e. The number of aliphatic hydroxyl groups excluding tert-OH is 1. The molecular weight excluding hydrogens is 411 g/mol. The van der Waals surface area contributed by atoms with Crippen molar-refractivity contribution in [3.8, 4) is 0 Å². The Balaban J connectivity index is 1.60. The third kappa shape index (κ3) is 3.35. The number of aliphatic hydroxyl groups is 1. The molecule has 8 heteroatoms. The van der Waals surface area contributed by atoms with Gasteiger partial charge < -0.3 is 10.1 Å². The van der Waals surface area contributed by atoms with Crippen LogP contribution in [0.5, 0.6) is 0 Å². The van der Waals surface area contributed by atoms with Crippen molar-refractivity contribution in [2.24, 2.45) is 0 Å². The molecule has 0 aliphatic carbocycles. The Labute approximate surface area is 166 Å². The maximum atomic E-state index is 12.5. The van der Waals surface area contributed by atoms with Gasteiger partial charge in [0.15, 0.2) is 5.16 Å². The smallest absolute Gasteiger partial charge is 0.260 e. The molecule has 2 aromatic heterocycles. The monoisotopic (exact) mass is 422 g/mol. The molecular formula is C18H12Cl2N2O2S2. The molecule has 132 valence electrons. The van der Waals surface area contributed by atoms with Gasteiger partial charge in [0.1, 0.15) is 4.83 Å². The van der Waals surface area contributed by atoms with Crippen LogP contribution in [0.15, 0.2) is 52.4 Å². The van der Waals surface area contributed by atoms with Crippen LogP contribution >= 0.6 is 46.3 Å². The van der Waals surface area contributed by atoms with Gasteiger partial charge >= 0.3 is 0 Å². The molecule has 2 aromatic carbocycles. The van der Waals surface area contributed by atoms with E-state index in [0.717, 1.165) is 10.1 Å². The standard InChI is InChI=1S/C18H12Cl2N2O2S2/c19-11-6-5-9(7-12(11)20)13(23)8-25-18-21-16(24)15-10-3-1-2-4-14(10)26-17(15)22-18/h1-7,13,23H,8H2,(H,21,22,24)/t13-/m0/s1. The van der Waals surface area contributed by atoms with Gasteiger partial charge in [0, 0.05) is 15.8 Å². The van der Waals surface area contributed by atoms with E-state index in [1.165, 1.54) is 23.1 Å². The number of H-pyrrole nitrogens is 1. The highest BCUT2D eigenvalue weighted by molar-refractivity contribution is 7.99. The summed E-state index contributed by atoms with van der Waals surface area (Å²) in [7, 11) is 0. The van der Waals surface area contributed by atoms with Crippen molar-refractivity contribution in [3.05, 3.63) is 68.4 Å². The van der Waals surface area contributed by atoms with Crippen molar-refractivity contribution in [2.75, 3.05) is 5.75 Å². The third-order valence-corrected chi connectivity index (χ3v) is 6.69. The summed E-state index contributed by atoms with van der Waals surface area (Å²) in [5.41, 5.74) is 0.496. The Morgan fingerprint density at radius 2 is 2.00 bits per heavy atom. The second-order valence-corrected chi connectivity index (χ2v) is 8.50. The van der Waals surface area contributed by atoms with Gasteiger partial charge in [0.25, 0.3) is 5.56 Å². The number of aromatic nitrogens is 2. The van der Waals surface area contributed by atoms with Crippen LogP contribution in [0.3, 0.4) is 0 Å². The highest BCUT2D eigenvalue weighted by atomic mass is 35.5. The largest absolute Gasteiger partial charge is 0.388 e. The van der Waals surface area contributed by atoms with E-state index in [1.54, 1.807) is 18.2 Å². The zero-order valence-corrected chi connectivity index (χ0v) is 16.3. The molecule has 2 N–H and O–H groups in total. The summed E-state index contributed by atoms with van der Waals surface area (Å²) in [6.45, 7) is 0.